The van der Waals surface area contributed by atoms with E-state index in [0.717, 1.165) is 12.0 Å². The average Bonchev–Trinajstić information content (AvgIpc) is 2.74. The van der Waals surface area contributed by atoms with Gasteiger partial charge in [0.2, 0.25) is 5.91 Å². The fourth-order valence-corrected chi connectivity index (χ4v) is 3.59. The van der Waals surface area contributed by atoms with Crippen LogP contribution in [-0.4, -0.2) is 65.1 Å². The molecule has 2 saturated heterocycles. The number of piperidine rings is 1. The Morgan fingerprint density at radius 1 is 1.11 bits per heavy atom. The summed E-state index contributed by atoms with van der Waals surface area (Å²) in [7, 11) is 0. The summed E-state index contributed by atoms with van der Waals surface area (Å²) in [4.78, 5) is 40.1. The van der Waals surface area contributed by atoms with Crippen molar-refractivity contribution in [1.29, 1.82) is 0 Å². The van der Waals surface area contributed by atoms with Crippen LogP contribution in [0.4, 0.5) is 9.59 Å². The van der Waals surface area contributed by atoms with Crippen molar-refractivity contribution in [3.63, 3.8) is 0 Å². The SMILES string of the molecule is CCC(=O)NN1CCCN(C2CCN(C(=O)OCc3ccccc3)CC2)C1=O. The van der Waals surface area contributed by atoms with Crippen molar-refractivity contribution in [1.82, 2.24) is 20.2 Å². The molecule has 3 rings (SSSR count). The number of amides is 4. The normalized spacial score (nSPS) is 18.2. The molecular weight excluding hydrogens is 360 g/mol. The molecule has 0 radical (unpaired) electrons. The maximum absolute atomic E-state index is 12.7. The smallest absolute Gasteiger partial charge is 0.410 e. The van der Waals surface area contributed by atoms with Crippen molar-refractivity contribution in [3.05, 3.63) is 35.9 Å². The monoisotopic (exact) mass is 388 g/mol. The molecule has 2 fully saturated rings. The average molecular weight is 388 g/mol. The van der Waals surface area contributed by atoms with E-state index >= 15 is 0 Å². The van der Waals surface area contributed by atoms with Crippen LogP contribution in [0.1, 0.15) is 38.2 Å². The van der Waals surface area contributed by atoms with Gasteiger partial charge in [-0.1, -0.05) is 37.3 Å². The molecule has 2 aliphatic rings. The van der Waals surface area contributed by atoms with Crippen molar-refractivity contribution in [2.75, 3.05) is 26.2 Å². The molecule has 2 aliphatic heterocycles. The van der Waals surface area contributed by atoms with Crippen LogP contribution in [-0.2, 0) is 16.1 Å². The summed E-state index contributed by atoms with van der Waals surface area (Å²) in [6, 6.07) is 9.51. The molecule has 0 spiro atoms. The molecule has 1 aromatic rings. The maximum atomic E-state index is 12.7. The Hall–Kier alpha value is -2.77. The Bertz CT molecular complexity index is 689. The van der Waals surface area contributed by atoms with Crippen LogP contribution in [0.5, 0.6) is 0 Å². The van der Waals surface area contributed by atoms with Crippen molar-refractivity contribution in [2.24, 2.45) is 0 Å². The number of nitrogens with zero attached hydrogens (tertiary/aromatic N) is 3. The van der Waals surface area contributed by atoms with Gasteiger partial charge < -0.3 is 14.5 Å². The molecule has 0 bridgehead atoms. The third-order valence-electron chi connectivity index (χ3n) is 5.21. The summed E-state index contributed by atoms with van der Waals surface area (Å²) in [5, 5.41) is 1.41. The number of urea groups is 1. The van der Waals surface area contributed by atoms with E-state index in [0.29, 0.717) is 45.4 Å². The summed E-state index contributed by atoms with van der Waals surface area (Å²) >= 11 is 0. The second-order valence-electron chi connectivity index (χ2n) is 7.13. The molecule has 2 heterocycles. The van der Waals surface area contributed by atoms with Crippen molar-refractivity contribution >= 4 is 18.0 Å². The molecule has 0 aromatic heterocycles. The van der Waals surface area contributed by atoms with Gasteiger partial charge in [0.25, 0.3) is 0 Å². The number of hydrogen-bond acceptors (Lipinski definition) is 4. The van der Waals surface area contributed by atoms with Gasteiger partial charge in [0.05, 0.1) is 0 Å². The van der Waals surface area contributed by atoms with Crippen LogP contribution in [0.25, 0.3) is 0 Å². The number of benzene rings is 1. The van der Waals surface area contributed by atoms with Gasteiger partial charge in [0, 0.05) is 38.6 Å². The third-order valence-corrected chi connectivity index (χ3v) is 5.21. The van der Waals surface area contributed by atoms with Crippen LogP contribution in [0.3, 0.4) is 0 Å². The van der Waals surface area contributed by atoms with Gasteiger partial charge in [-0.25, -0.2) is 14.6 Å². The minimum absolute atomic E-state index is 0.0759. The van der Waals surface area contributed by atoms with Gasteiger partial charge in [-0.05, 0) is 24.8 Å². The summed E-state index contributed by atoms with van der Waals surface area (Å²) < 4.78 is 5.39. The fraction of sp³-hybridized carbons (Fsp3) is 0.550. The molecule has 8 nitrogen and oxygen atoms in total. The first kappa shape index (κ1) is 20.0. The van der Waals surface area contributed by atoms with Crippen LogP contribution in [0.15, 0.2) is 30.3 Å². The quantitative estimate of drug-likeness (QED) is 0.839. The molecule has 8 heteroatoms. The topological polar surface area (TPSA) is 82.2 Å². The van der Waals surface area contributed by atoms with Gasteiger partial charge in [-0.15, -0.1) is 0 Å². The molecule has 152 valence electrons. The highest BCUT2D eigenvalue weighted by molar-refractivity contribution is 5.81. The highest BCUT2D eigenvalue weighted by Gasteiger charge is 2.34. The zero-order valence-electron chi connectivity index (χ0n) is 16.3. The number of nitrogens with one attached hydrogen (secondary N) is 1. The third kappa shape index (κ3) is 4.94. The van der Waals surface area contributed by atoms with Crippen LogP contribution < -0.4 is 5.43 Å². The lowest BCUT2D eigenvalue weighted by atomic mass is 10.0. The van der Waals surface area contributed by atoms with Crippen LogP contribution in [0.2, 0.25) is 0 Å². The summed E-state index contributed by atoms with van der Waals surface area (Å²) in [5.41, 5.74) is 3.62. The summed E-state index contributed by atoms with van der Waals surface area (Å²) in [6.07, 6.45) is 2.26. The van der Waals surface area contributed by atoms with Crippen molar-refractivity contribution in [2.45, 2.75) is 45.3 Å². The maximum Gasteiger partial charge on any atom is 0.410 e. The number of rotatable bonds is 5. The molecule has 0 saturated carbocycles. The lowest BCUT2D eigenvalue weighted by molar-refractivity contribution is -0.125. The van der Waals surface area contributed by atoms with E-state index < -0.39 is 0 Å². The van der Waals surface area contributed by atoms with Gasteiger partial charge in [0.15, 0.2) is 0 Å². The van der Waals surface area contributed by atoms with Gasteiger partial charge in [0.1, 0.15) is 6.61 Å². The molecule has 4 amide bonds. The zero-order valence-corrected chi connectivity index (χ0v) is 16.3. The molecular formula is C20H28N4O4. The summed E-state index contributed by atoms with van der Waals surface area (Å²) in [5.74, 6) is -0.161. The molecule has 0 aliphatic carbocycles. The first-order valence-electron chi connectivity index (χ1n) is 9.91. The van der Waals surface area contributed by atoms with Gasteiger partial charge in [-0.3, -0.25) is 10.2 Å². The molecule has 1 N–H and O–H groups in total. The Balaban J connectivity index is 1.47. The van der Waals surface area contributed by atoms with Gasteiger partial charge >= 0.3 is 12.1 Å². The van der Waals surface area contributed by atoms with E-state index in [-0.39, 0.29) is 30.7 Å². The minimum atomic E-state index is -0.316. The number of hydrogen-bond donors (Lipinski definition) is 1. The number of likely N-dealkylation sites (tertiary alicyclic amines) is 1. The molecule has 28 heavy (non-hydrogen) atoms. The van der Waals surface area contributed by atoms with Crippen molar-refractivity contribution in [3.8, 4) is 0 Å². The highest BCUT2D eigenvalue weighted by atomic mass is 16.6. The first-order chi connectivity index (χ1) is 13.6. The lowest BCUT2D eigenvalue weighted by Crippen LogP contribution is -2.60. The standard InChI is InChI=1S/C20H28N4O4/c1-2-18(25)21-24-12-6-11-23(19(24)26)17-9-13-22(14-10-17)20(27)28-15-16-7-4-3-5-8-16/h3-5,7-8,17H,2,6,9-15H2,1H3,(H,21,25). The fourth-order valence-electron chi connectivity index (χ4n) is 3.59. The van der Waals surface area contributed by atoms with E-state index in [1.165, 1.54) is 5.01 Å². The van der Waals surface area contributed by atoms with E-state index in [1.54, 1.807) is 11.8 Å². The second kappa shape index (κ2) is 9.43. The molecule has 1 aromatic carbocycles. The van der Waals surface area contributed by atoms with E-state index in [9.17, 15) is 14.4 Å². The molecule has 0 atom stereocenters. The largest absolute Gasteiger partial charge is 0.445 e. The van der Waals surface area contributed by atoms with E-state index in [2.05, 4.69) is 5.43 Å². The Kier molecular flexibility index (Phi) is 6.73. The van der Waals surface area contributed by atoms with Crippen molar-refractivity contribution < 1.29 is 19.1 Å². The Morgan fingerprint density at radius 2 is 1.82 bits per heavy atom. The summed E-state index contributed by atoms with van der Waals surface area (Å²) in [6.45, 7) is 4.35. The number of hydrazine groups is 1. The Morgan fingerprint density at radius 3 is 2.50 bits per heavy atom. The number of carbonyl (C=O) groups is 3. The second-order valence-corrected chi connectivity index (χ2v) is 7.13. The van der Waals surface area contributed by atoms with Crippen LogP contribution >= 0.6 is 0 Å². The lowest BCUT2D eigenvalue weighted by Gasteiger charge is -2.42. The predicted octanol–water partition coefficient (Wildman–Crippen LogP) is 2.36. The highest BCUT2D eigenvalue weighted by Crippen LogP contribution is 2.21. The van der Waals surface area contributed by atoms with Crippen LogP contribution in [0, 0.1) is 0 Å². The first-order valence-corrected chi connectivity index (χ1v) is 9.91. The zero-order chi connectivity index (χ0) is 19.9. The Labute approximate surface area is 165 Å². The number of ether oxygens (including phenoxy) is 1. The molecule has 0 unspecified atom stereocenters. The number of carbonyl (C=O) groups excluding carboxylic acids is 3. The predicted molar refractivity (Wildman–Crippen MR) is 103 cm³/mol. The van der Waals surface area contributed by atoms with E-state index in [1.807, 2.05) is 35.2 Å². The van der Waals surface area contributed by atoms with Gasteiger partial charge in [-0.2, -0.15) is 0 Å². The minimum Gasteiger partial charge on any atom is -0.445 e. The van der Waals surface area contributed by atoms with E-state index in [4.69, 9.17) is 4.74 Å².